The van der Waals surface area contributed by atoms with Crippen molar-refractivity contribution in [3.8, 4) is 11.3 Å². The van der Waals surface area contributed by atoms with Gasteiger partial charge in [-0.2, -0.15) is 5.10 Å². The molecule has 4 heteroatoms. The monoisotopic (exact) mass is 292 g/mol. The van der Waals surface area contributed by atoms with Crippen LogP contribution in [-0.2, 0) is 6.54 Å². The molecule has 3 nitrogen and oxygen atoms in total. The van der Waals surface area contributed by atoms with Crippen LogP contribution in [0.15, 0.2) is 34.8 Å². The summed E-state index contributed by atoms with van der Waals surface area (Å²) in [6, 6.07) is 9.83. The van der Waals surface area contributed by atoms with Crippen molar-refractivity contribution in [3.05, 3.63) is 40.5 Å². The van der Waals surface area contributed by atoms with Gasteiger partial charge in [0, 0.05) is 17.9 Å². The maximum Gasteiger partial charge on any atom is 0.180 e. The summed E-state index contributed by atoms with van der Waals surface area (Å²) in [5, 5.41) is 4.28. The number of rotatable bonds is 3. The van der Waals surface area contributed by atoms with Gasteiger partial charge in [0.05, 0.1) is 5.69 Å². The lowest BCUT2D eigenvalue weighted by Gasteiger charge is -2.04. The van der Waals surface area contributed by atoms with E-state index in [9.17, 15) is 4.79 Å². The fourth-order valence-electron chi connectivity index (χ4n) is 1.68. The van der Waals surface area contributed by atoms with Crippen molar-refractivity contribution in [1.29, 1.82) is 0 Å². The van der Waals surface area contributed by atoms with Gasteiger partial charge in [0.25, 0.3) is 0 Å². The minimum atomic E-state index is -0.00411. The van der Waals surface area contributed by atoms with E-state index in [0.717, 1.165) is 22.3 Å². The average Bonchev–Trinajstić information content (AvgIpc) is 2.74. The summed E-state index contributed by atoms with van der Waals surface area (Å²) in [7, 11) is 0. The number of nitrogens with zero attached hydrogens (tertiary/aromatic N) is 2. The molecule has 0 radical (unpaired) electrons. The number of carbonyl (C=O) groups is 1. The predicted octanol–water partition coefficient (Wildman–Crippen LogP) is 3.54. The maximum absolute atomic E-state index is 11.3. The van der Waals surface area contributed by atoms with Gasteiger partial charge in [-0.3, -0.25) is 9.48 Å². The van der Waals surface area contributed by atoms with E-state index in [1.165, 1.54) is 6.92 Å². The molecule has 1 heterocycles. The summed E-state index contributed by atoms with van der Waals surface area (Å²) in [5.74, 6) is -0.00411. The van der Waals surface area contributed by atoms with Crippen LogP contribution in [0.2, 0.25) is 0 Å². The topological polar surface area (TPSA) is 34.9 Å². The Morgan fingerprint density at radius 3 is 2.53 bits per heavy atom. The standard InChI is InChI=1S/C13H13BrN2O/c1-3-16-13(8-12(15-16)9(2)17)10-4-6-11(14)7-5-10/h4-8H,3H2,1-2H3. The van der Waals surface area contributed by atoms with Gasteiger partial charge < -0.3 is 0 Å². The quantitative estimate of drug-likeness (QED) is 0.811. The zero-order valence-corrected chi connectivity index (χ0v) is 11.4. The van der Waals surface area contributed by atoms with E-state index in [1.54, 1.807) is 0 Å². The molecule has 0 atom stereocenters. The Bertz CT molecular complexity index is 543. The molecule has 2 rings (SSSR count). The molecule has 0 amide bonds. The van der Waals surface area contributed by atoms with Crippen molar-refractivity contribution in [2.24, 2.45) is 0 Å². The number of hydrogen-bond donors (Lipinski definition) is 0. The second-order valence-electron chi connectivity index (χ2n) is 3.79. The predicted molar refractivity (Wildman–Crippen MR) is 71.0 cm³/mol. The Kier molecular flexibility index (Phi) is 3.43. The van der Waals surface area contributed by atoms with Crippen molar-refractivity contribution >= 4 is 21.7 Å². The molecule has 1 aromatic heterocycles. The molecule has 0 fully saturated rings. The molecular weight excluding hydrogens is 280 g/mol. The third-order valence-electron chi connectivity index (χ3n) is 2.58. The third kappa shape index (κ3) is 2.47. The SMILES string of the molecule is CCn1nc(C(C)=O)cc1-c1ccc(Br)cc1. The summed E-state index contributed by atoms with van der Waals surface area (Å²) in [5.41, 5.74) is 2.56. The number of carbonyl (C=O) groups excluding carboxylic acids is 1. The summed E-state index contributed by atoms with van der Waals surface area (Å²) in [6.07, 6.45) is 0. The molecule has 0 saturated carbocycles. The minimum absolute atomic E-state index is 0.00411. The number of Topliss-reactive ketones (excluding diaryl/α,β-unsaturated/α-hetero) is 1. The molecule has 17 heavy (non-hydrogen) atoms. The molecule has 0 aliphatic heterocycles. The highest BCUT2D eigenvalue weighted by Crippen LogP contribution is 2.23. The van der Waals surface area contributed by atoms with E-state index in [-0.39, 0.29) is 5.78 Å². The van der Waals surface area contributed by atoms with Crippen LogP contribution < -0.4 is 0 Å². The first-order valence-electron chi connectivity index (χ1n) is 5.46. The van der Waals surface area contributed by atoms with Crippen LogP contribution >= 0.6 is 15.9 Å². The molecule has 0 aliphatic rings. The van der Waals surface area contributed by atoms with Crippen LogP contribution in [-0.4, -0.2) is 15.6 Å². The highest BCUT2D eigenvalue weighted by atomic mass is 79.9. The average molecular weight is 293 g/mol. The van der Waals surface area contributed by atoms with E-state index < -0.39 is 0 Å². The lowest BCUT2D eigenvalue weighted by Crippen LogP contribution is -2.01. The van der Waals surface area contributed by atoms with Gasteiger partial charge in [-0.1, -0.05) is 28.1 Å². The van der Waals surface area contributed by atoms with Gasteiger partial charge >= 0.3 is 0 Å². The van der Waals surface area contributed by atoms with Crippen LogP contribution in [0, 0.1) is 0 Å². The van der Waals surface area contributed by atoms with Crippen molar-refractivity contribution in [2.45, 2.75) is 20.4 Å². The molecule has 2 aromatic rings. The normalized spacial score (nSPS) is 10.5. The molecule has 0 N–H and O–H groups in total. The first-order valence-corrected chi connectivity index (χ1v) is 6.26. The second kappa shape index (κ2) is 4.84. The second-order valence-corrected chi connectivity index (χ2v) is 4.71. The van der Waals surface area contributed by atoms with E-state index in [2.05, 4.69) is 21.0 Å². The van der Waals surface area contributed by atoms with Gasteiger partial charge in [0.2, 0.25) is 0 Å². The van der Waals surface area contributed by atoms with Gasteiger partial charge in [-0.05, 0) is 30.7 Å². The van der Waals surface area contributed by atoms with Crippen molar-refractivity contribution in [1.82, 2.24) is 9.78 Å². The van der Waals surface area contributed by atoms with Gasteiger partial charge in [-0.15, -0.1) is 0 Å². The summed E-state index contributed by atoms with van der Waals surface area (Å²) in [6.45, 7) is 4.30. The molecule has 88 valence electrons. The Labute approximate surface area is 109 Å². The summed E-state index contributed by atoms with van der Waals surface area (Å²) < 4.78 is 2.88. The van der Waals surface area contributed by atoms with Crippen molar-refractivity contribution in [2.75, 3.05) is 0 Å². The highest BCUT2D eigenvalue weighted by molar-refractivity contribution is 9.10. The van der Waals surface area contributed by atoms with Crippen molar-refractivity contribution < 1.29 is 4.79 Å². The summed E-state index contributed by atoms with van der Waals surface area (Å²) in [4.78, 5) is 11.3. The van der Waals surface area contributed by atoms with Crippen LogP contribution in [0.5, 0.6) is 0 Å². The molecule has 0 spiro atoms. The third-order valence-corrected chi connectivity index (χ3v) is 3.11. The number of aromatic nitrogens is 2. The van der Waals surface area contributed by atoms with Crippen LogP contribution in [0.25, 0.3) is 11.3 Å². The lowest BCUT2D eigenvalue weighted by atomic mass is 10.1. The zero-order chi connectivity index (χ0) is 12.4. The number of ketones is 1. The number of hydrogen-bond acceptors (Lipinski definition) is 2. The van der Waals surface area contributed by atoms with E-state index in [0.29, 0.717) is 5.69 Å². The highest BCUT2D eigenvalue weighted by Gasteiger charge is 2.11. The number of aryl methyl sites for hydroxylation is 1. The lowest BCUT2D eigenvalue weighted by molar-refractivity contribution is 0.101. The van der Waals surface area contributed by atoms with Crippen LogP contribution in [0.3, 0.4) is 0 Å². The first-order chi connectivity index (χ1) is 8.11. The van der Waals surface area contributed by atoms with Gasteiger partial charge in [0.15, 0.2) is 5.78 Å². The molecule has 0 aliphatic carbocycles. The van der Waals surface area contributed by atoms with Gasteiger partial charge in [0.1, 0.15) is 5.69 Å². The van der Waals surface area contributed by atoms with Crippen LogP contribution in [0.1, 0.15) is 24.3 Å². The smallest absolute Gasteiger partial charge is 0.180 e. The Hall–Kier alpha value is -1.42. The van der Waals surface area contributed by atoms with Crippen molar-refractivity contribution in [3.63, 3.8) is 0 Å². The first kappa shape index (κ1) is 12.0. The van der Waals surface area contributed by atoms with Crippen LogP contribution in [0.4, 0.5) is 0 Å². The Morgan fingerprint density at radius 2 is 2.00 bits per heavy atom. The minimum Gasteiger partial charge on any atom is -0.293 e. The fourth-order valence-corrected chi connectivity index (χ4v) is 1.95. The molecule has 0 saturated heterocycles. The number of benzene rings is 1. The van der Waals surface area contributed by atoms with E-state index in [4.69, 9.17) is 0 Å². The Balaban J connectivity index is 2.50. The van der Waals surface area contributed by atoms with Gasteiger partial charge in [-0.25, -0.2) is 0 Å². The fraction of sp³-hybridized carbons (Fsp3) is 0.231. The summed E-state index contributed by atoms with van der Waals surface area (Å²) >= 11 is 3.41. The maximum atomic E-state index is 11.3. The Morgan fingerprint density at radius 1 is 1.35 bits per heavy atom. The largest absolute Gasteiger partial charge is 0.293 e. The van der Waals surface area contributed by atoms with E-state index in [1.807, 2.05) is 41.9 Å². The molecular formula is C13H13BrN2O. The molecule has 0 unspecified atom stereocenters. The molecule has 0 bridgehead atoms. The van der Waals surface area contributed by atoms with E-state index >= 15 is 0 Å². The molecule has 1 aromatic carbocycles. The number of halogens is 1. The zero-order valence-electron chi connectivity index (χ0n) is 9.77.